The smallest absolute Gasteiger partial charge is 0.205 e. The fraction of sp³-hybridized carbons (Fsp3) is 0.400. The van der Waals surface area contributed by atoms with Gasteiger partial charge in [-0.1, -0.05) is 0 Å². The summed E-state index contributed by atoms with van der Waals surface area (Å²) in [4.78, 5) is 11.4. The van der Waals surface area contributed by atoms with E-state index in [1.54, 1.807) is 0 Å². The topological polar surface area (TPSA) is 76.1 Å². The Balaban J connectivity index is 2.32. The molecule has 1 heterocycles. The first-order chi connectivity index (χ1) is 6.72. The van der Waals surface area contributed by atoms with Crippen molar-refractivity contribution in [2.24, 2.45) is 5.73 Å². The van der Waals surface area contributed by atoms with E-state index in [4.69, 9.17) is 15.7 Å². The van der Waals surface area contributed by atoms with Crippen molar-refractivity contribution in [1.82, 2.24) is 0 Å². The molecule has 0 spiro atoms. The van der Waals surface area contributed by atoms with Crippen molar-refractivity contribution >= 4 is 5.78 Å². The molecule has 1 aliphatic heterocycles. The van der Waals surface area contributed by atoms with E-state index in [0.717, 1.165) is 18.4 Å². The number of nitrogens with zero attached hydrogens (tertiary/aromatic N) is 1. The van der Waals surface area contributed by atoms with Gasteiger partial charge in [-0.15, -0.1) is 0 Å². The summed E-state index contributed by atoms with van der Waals surface area (Å²) in [7, 11) is 0. The van der Waals surface area contributed by atoms with E-state index in [9.17, 15) is 4.79 Å². The van der Waals surface area contributed by atoms with E-state index in [1.807, 2.05) is 6.07 Å². The van der Waals surface area contributed by atoms with Gasteiger partial charge in [0.1, 0.15) is 6.07 Å². The minimum atomic E-state index is 0.00573. The highest BCUT2D eigenvalue weighted by atomic mass is 16.5. The number of carbonyl (C=O) groups excluding carboxylic acids is 1. The van der Waals surface area contributed by atoms with E-state index >= 15 is 0 Å². The number of hydrogen-bond acceptors (Lipinski definition) is 4. The average Bonchev–Trinajstić information content (AvgIpc) is 2.19. The standard InChI is InChI=1S/C10H10N2O2/c11-5-7-4-6-2-1-3-8(13)9(6)14-10(7)12/h1-4,12H2. The second-order valence-electron chi connectivity index (χ2n) is 3.44. The van der Waals surface area contributed by atoms with Gasteiger partial charge in [-0.25, -0.2) is 0 Å². The first-order valence-electron chi connectivity index (χ1n) is 4.54. The molecular weight excluding hydrogens is 180 g/mol. The second kappa shape index (κ2) is 3.18. The number of rotatable bonds is 0. The zero-order chi connectivity index (χ0) is 10.1. The SMILES string of the molecule is N#CC1=C(N)OC2=C(CCCC2=O)C1. The highest BCUT2D eigenvalue weighted by Gasteiger charge is 2.28. The summed E-state index contributed by atoms with van der Waals surface area (Å²) in [6.07, 6.45) is 2.68. The van der Waals surface area contributed by atoms with Gasteiger partial charge in [-0.3, -0.25) is 4.79 Å². The van der Waals surface area contributed by atoms with Crippen molar-refractivity contribution in [1.29, 1.82) is 5.26 Å². The summed E-state index contributed by atoms with van der Waals surface area (Å²) in [6, 6.07) is 1.99. The molecule has 0 radical (unpaired) electrons. The lowest BCUT2D eigenvalue weighted by Gasteiger charge is -2.23. The highest BCUT2D eigenvalue weighted by molar-refractivity contribution is 5.95. The van der Waals surface area contributed by atoms with Gasteiger partial charge in [-0.2, -0.15) is 5.26 Å². The van der Waals surface area contributed by atoms with E-state index in [-0.39, 0.29) is 11.7 Å². The van der Waals surface area contributed by atoms with Crippen LogP contribution in [0.1, 0.15) is 25.7 Å². The third kappa shape index (κ3) is 1.27. The molecule has 0 bridgehead atoms. The molecule has 0 amide bonds. The molecule has 0 aromatic rings. The molecule has 4 heteroatoms. The minimum absolute atomic E-state index is 0.00573. The monoisotopic (exact) mass is 190 g/mol. The number of Topliss-reactive ketones (excluding diaryl/α,β-unsaturated/α-hetero) is 1. The van der Waals surface area contributed by atoms with Gasteiger partial charge in [0, 0.05) is 12.8 Å². The summed E-state index contributed by atoms with van der Waals surface area (Å²) in [5.41, 5.74) is 6.86. The van der Waals surface area contributed by atoms with Crippen molar-refractivity contribution < 1.29 is 9.53 Å². The predicted molar refractivity (Wildman–Crippen MR) is 48.4 cm³/mol. The van der Waals surface area contributed by atoms with Gasteiger partial charge in [0.05, 0.1) is 5.57 Å². The Hall–Kier alpha value is -1.76. The van der Waals surface area contributed by atoms with Crippen molar-refractivity contribution in [2.45, 2.75) is 25.7 Å². The quantitative estimate of drug-likeness (QED) is 0.620. The van der Waals surface area contributed by atoms with E-state index in [0.29, 0.717) is 24.2 Å². The minimum Gasteiger partial charge on any atom is -0.437 e. The summed E-state index contributed by atoms with van der Waals surface area (Å²) in [6.45, 7) is 0. The van der Waals surface area contributed by atoms with Crippen LogP contribution in [0.4, 0.5) is 0 Å². The van der Waals surface area contributed by atoms with Crippen LogP contribution in [0.25, 0.3) is 0 Å². The molecule has 0 unspecified atom stereocenters. The Morgan fingerprint density at radius 1 is 1.43 bits per heavy atom. The number of carbonyl (C=O) groups is 1. The van der Waals surface area contributed by atoms with Crippen molar-refractivity contribution in [2.75, 3.05) is 0 Å². The van der Waals surface area contributed by atoms with Gasteiger partial charge < -0.3 is 10.5 Å². The van der Waals surface area contributed by atoms with Gasteiger partial charge in [-0.05, 0) is 18.4 Å². The average molecular weight is 190 g/mol. The normalized spacial score (nSPS) is 21.5. The lowest BCUT2D eigenvalue weighted by Crippen LogP contribution is -2.21. The lowest BCUT2D eigenvalue weighted by atomic mass is 9.91. The first-order valence-corrected chi connectivity index (χ1v) is 4.54. The van der Waals surface area contributed by atoms with Gasteiger partial charge in [0.2, 0.25) is 5.88 Å². The summed E-state index contributed by atoms with van der Waals surface area (Å²) >= 11 is 0. The van der Waals surface area contributed by atoms with Crippen molar-refractivity contribution in [3.8, 4) is 6.07 Å². The zero-order valence-electron chi connectivity index (χ0n) is 7.67. The first kappa shape index (κ1) is 8.82. The van der Waals surface area contributed by atoms with E-state index in [1.165, 1.54) is 0 Å². The van der Waals surface area contributed by atoms with E-state index < -0.39 is 0 Å². The number of ether oxygens (including phenoxy) is 1. The third-order valence-corrected chi connectivity index (χ3v) is 2.49. The Kier molecular flexibility index (Phi) is 2.01. The van der Waals surface area contributed by atoms with Crippen LogP contribution < -0.4 is 5.73 Å². The number of allylic oxidation sites excluding steroid dienone is 3. The Morgan fingerprint density at radius 3 is 2.93 bits per heavy atom. The molecule has 0 aromatic carbocycles. The molecule has 0 aromatic heterocycles. The zero-order valence-corrected chi connectivity index (χ0v) is 7.67. The fourth-order valence-electron chi connectivity index (χ4n) is 1.75. The molecule has 1 aliphatic carbocycles. The summed E-state index contributed by atoms with van der Waals surface area (Å²) in [5, 5.41) is 8.74. The van der Waals surface area contributed by atoms with Crippen molar-refractivity contribution in [3.63, 3.8) is 0 Å². The molecule has 72 valence electrons. The van der Waals surface area contributed by atoms with Crippen LogP contribution in [0.5, 0.6) is 0 Å². The van der Waals surface area contributed by atoms with Crippen LogP contribution in [-0.4, -0.2) is 5.78 Å². The molecule has 14 heavy (non-hydrogen) atoms. The van der Waals surface area contributed by atoms with Crippen molar-refractivity contribution in [3.05, 3.63) is 22.8 Å². The molecule has 0 saturated carbocycles. The predicted octanol–water partition coefficient (Wildman–Crippen LogP) is 1.11. The Bertz CT molecular complexity index is 399. The fourth-order valence-corrected chi connectivity index (χ4v) is 1.75. The summed E-state index contributed by atoms with van der Waals surface area (Å²) in [5.74, 6) is 0.473. The largest absolute Gasteiger partial charge is 0.437 e. The maximum absolute atomic E-state index is 11.4. The molecular formula is C10H10N2O2. The Morgan fingerprint density at radius 2 is 2.21 bits per heavy atom. The third-order valence-electron chi connectivity index (χ3n) is 2.49. The van der Waals surface area contributed by atoms with Crippen LogP contribution in [0.2, 0.25) is 0 Å². The number of ketones is 1. The van der Waals surface area contributed by atoms with Gasteiger partial charge >= 0.3 is 0 Å². The molecule has 2 rings (SSSR count). The number of hydrogen-bond donors (Lipinski definition) is 1. The summed E-state index contributed by atoms with van der Waals surface area (Å²) < 4.78 is 5.17. The van der Waals surface area contributed by atoms with E-state index in [2.05, 4.69) is 0 Å². The lowest BCUT2D eigenvalue weighted by molar-refractivity contribution is -0.119. The molecule has 2 N–H and O–H groups in total. The molecule has 4 nitrogen and oxygen atoms in total. The van der Waals surface area contributed by atoms with Crippen LogP contribution in [0, 0.1) is 11.3 Å². The molecule has 0 saturated heterocycles. The molecule has 0 atom stereocenters. The van der Waals surface area contributed by atoms with Gasteiger partial charge in [0.15, 0.2) is 11.5 Å². The molecule has 2 aliphatic rings. The second-order valence-corrected chi connectivity index (χ2v) is 3.44. The van der Waals surface area contributed by atoms with Crippen LogP contribution >= 0.6 is 0 Å². The maximum Gasteiger partial charge on any atom is 0.205 e. The molecule has 0 fully saturated rings. The van der Waals surface area contributed by atoms with Gasteiger partial charge in [0.25, 0.3) is 0 Å². The van der Waals surface area contributed by atoms with Crippen LogP contribution in [0.15, 0.2) is 22.8 Å². The number of nitrogens with two attached hydrogens (primary N) is 1. The number of nitriles is 1. The highest BCUT2D eigenvalue weighted by Crippen LogP contribution is 2.33. The van der Waals surface area contributed by atoms with Crippen LogP contribution in [0.3, 0.4) is 0 Å². The Labute approximate surface area is 81.6 Å². The van der Waals surface area contributed by atoms with Crippen LogP contribution in [-0.2, 0) is 9.53 Å². The maximum atomic E-state index is 11.4.